The lowest BCUT2D eigenvalue weighted by Gasteiger charge is -2.17. The summed E-state index contributed by atoms with van der Waals surface area (Å²) in [6.07, 6.45) is 2.46. The van der Waals surface area contributed by atoms with Gasteiger partial charge >= 0.3 is 0 Å². The fraction of sp³-hybridized carbons (Fsp3) is 0.389. The molecule has 9 heteroatoms. The molecule has 8 nitrogen and oxygen atoms in total. The second-order valence-electron chi connectivity index (χ2n) is 6.11. The summed E-state index contributed by atoms with van der Waals surface area (Å²) in [6.45, 7) is 3.14. The summed E-state index contributed by atoms with van der Waals surface area (Å²) >= 11 is 1.39. The molecule has 2 amide bonds. The molecule has 1 saturated heterocycles. The normalized spacial score (nSPS) is 19.1. The van der Waals surface area contributed by atoms with E-state index in [1.165, 1.54) is 31.7 Å². The average Bonchev–Trinajstić information content (AvgIpc) is 3.18. The first-order valence-corrected chi connectivity index (χ1v) is 9.66. The number of nitrogens with one attached hydrogen (secondary N) is 2. The predicted octanol–water partition coefficient (Wildman–Crippen LogP) is 1.57. The van der Waals surface area contributed by atoms with Gasteiger partial charge in [0.25, 0.3) is 11.8 Å². The van der Waals surface area contributed by atoms with E-state index in [9.17, 15) is 9.59 Å². The van der Waals surface area contributed by atoms with Gasteiger partial charge in [0.2, 0.25) is 0 Å². The molecule has 3 rings (SSSR count). The van der Waals surface area contributed by atoms with Crippen LogP contribution in [0.25, 0.3) is 0 Å². The molecule has 0 aliphatic carbocycles. The number of benzene rings is 1. The first kappa shape index (κ1) is 19.2. The number of methoxy groups -OCH3 is 1. The van der Waals surface area contributed by atoms with Crippen LogP contribution >= 0.6 is 11.8 Å². The molecule has 0 radical (unpaired) electrons. The highest BCUT2D eigenvalue weighted by Crippen LogP contribution is 2.14. The standard InChI is InChI=1S/C18H21N5O3S/c1-26-13-6-4-12(5-7-13)16(24)20-14-15(19)21-18(22-17(14)25)27-11-10-23-8-2-3-9-23/h4-7H,2-3,8-11H2,1H3,(H2,19,21,22,25). The summed E-state index contributed by atoms with van der Waals surface area (Å²) in [7, 11) is 1.53. The van der Waals surface area contributed by atoms with Gasteiger partial charge in [-0.05, 0) is 50.2 Å². The van der Waals surface area contributed by atoms with Crippen LogP contribution in [0.3, 0.4) is 0 Å². The molecule has 142 valence electrons. The van der Waals surface area contributed by atoms with Crippen LogP contribution < -0.4 is 10.1 Å². The third-order valence-electron chi connectivity index (χ3n) is 4.27. The Morgan fingerprint density at radius 1 is 1.33 bits per heavy atom. The van der Waals surface area contributed by atoms with Crippen LogP contribution in [0.2, 0.25) is 0 Å². The molecule has 0 atom stereocenters. The number of hydrogen-bond donors (Lipinski definition) is 2. The molecule has 0 saturated carbocycles. The minimum atomic E-state index is -0.604. The largest absolute Gasteiger partial charge is 0.497 e. The summed E-state index contributed by atoms with van der Waals surface area (Å²) in [4.78, 5) is 34.7. The fourth-order valence-corrected chi connectivity index (χ4v) is 3.66. The van der Waals surface area contributed by atoms with Crippen molar-refractivity contribution in [2.24, 2.45) is 9.98 Å². The number of thioether (sulfide) groups is 1. The lowest BCUT2D eigenvalue weighted by atomic mass is 10.2. The molecule has 0 unspecified atom stereocenters. The van der Waals surface area contributed by atoms with E-state index in [-0.39, 0.29) is 11.5 Å². The van der Waals surface area contributed by atoms with Crippen molar-refractivity contribution < 1.29 is 14.3 Å². The minimum Gasteiger partial charge on any atom is -0.497 e. The number of rotatable bonds is 5. The van der Waals surface area contributed by atoms with Crippen LogP contribution in [0.5, 0.6) is 5.75 Å². The number of aliphatic imine (C=N–C) groups is 2. The summed E-state index contributed by atoms with van der Waals surface area (Å²) in [6, 6.07) is 6.37. The third kappa shape index (κ3) is 5.01. The minimum absolute atomic E-state index is 0.278. The Bertz CT molecular complexity index is 798. The van der Waals surface area contributed by atoms with E-state index in [1.807, 2.05) is 0 Å². The van der Waals surface area contributed by atoms with Crippen LogP contribution in [0.1, 0.15) is 23.2 Å². The number of hydrogen-bond acceptors (Lipinski definition) is 6. The Morgan fingerprint density at radius 2 is 2.04 bits per heavy atom. The van der Waals surface area contributed by atoms with Crippen molar-refractivity contribution in [3.63, 3.8) is 0 Å². The molecule has 0 bridgehead atoms. The molecule has 1 aromatic rings. The van der Waals surface area contributed by atoms with Gasteiger partial charge in [0.15, 0.2) is 16.7 Å². The first-order valence-electron chi connectivity index (χ1n) is 8.68. The van der Waals surface area contributed by atoms with Crippen LogP contribution in [-0.4, -0.2) is 65.9 Å². The topological polar surface area (TPSA) is 107 Å². The SMILES string of the molecule is COc1ccc(C(=O)N=C2C(=N)N=C(SCCN3CCCC3)NC2=O)cc1. The number of ether oxygens (including phenoxy) is 1. The second kappa shape index (κ2) is 8.92. The van der Waals surface area contributed by atoms with Crippen molar-refractivity contribution >= 4 is 40.3 Å². The number of amides is 2. The molecule has 2 N–H and O–H groups in total. The van der Waals surface area contributed by atoms with E-state index in [1.54, 1.807) is 24.3 Å². The number of amidine groups is 2. The molecule has 2 aliphatic rings. The maximum atomic E-state index is 12.2. The van der Waals surface area contributed by atoms with Gasteiger partial charge < -0.3 is 9.64 Å². The van der Waals surface area contributed by atoms with Gasteiger partial charge in [-0.2, -0.15) is 4.99 Å². The van der Waals surface area contributed by atoms with Crippen molar-refractivity contribution in [2.45, 2.75) is 12.8 Å². The fourth-order valence-electron chi connectivity index (χ4n) is 2.80. The lowest BCUT2D eigenvalue weighted by molar-refractivity contribution is -0.113. The molecule has 27 heavy (non-hydrogen) atoms. The monoisotopic (exact) mass is 387 g/mol. The summed E-state index contributed by atoms with van der Waals surface area (Å²) in [5.74, 6) is -0.0934. The van der Waals surface area contributed by atoms with Crippen molar-refractivity contribution in [1.29, 1.82) is 5.41 Å². The van der Waals surface area contributed by atoms with Gasteiger partial charge in [-0.25, -0.2) is 4.99 Å². The molecule has 1 aromatic carbocycles. The molecule has 2 heterocycles. The molecule has 0 aromatic heterocycles. The van der Waals surface area contributed by atoms with Gasteiger partial charge in [0.1, 0.15) is 5.75 Å². The Morgan fingerprint density at radius 3 is 2.67 bits per heavy atom. The van der Waals surface area contributed by atoms with E-state index in [2.05, 4.69) is 20.2 Å². The Hall–Kier alpha value is -2.52. The predicted molar refractivity (Wildman–Crippen MR) is 106 cm³/mol. The second-order valence-corrected chi connectivity index (χ2v) is 7.19. The van der Waals surface area contributed by atoms with Crippen LogP contribution in [-0.2, 0) is 4.79 Å². The van der Waals surface area contributed by atoms with Gasteiger partial charge in [0.05, 0.1) is 7.11 Å². The number of carbonyl (C=O) groups is 2. The van der Waals surface area contributed by atoms with E-state index >= 15 is 0 Å². The third-order valence-corrected chi connectivity index (χ3v) is 5.12. The highest BCUT2D eigenvalue weighted by atomic mass is 32.2. The number of nitrogens with zero attached hydrogens (tertiary/aromatic N) is 3. The maximum absolute atomic E-state index is 12.2. The highest BCUT2D eigenvalue weighted by molar-refractivity contribution is 8.13. The zero-order chi connectivity index (χ0) is 19.2. The van der Waals surface area contributed by atoms with Crippen molar-refractivity contribution in [1.82, 2.24) is 10.2 Å². The highest BCUT2D eigenvalue weighted by Gasteiger charge is 2.26. The first-order chi connectivity index (χ1) is 13.1. The number of likely N-dealkylation sites (tertiary alicyclic amines) is 1. The molecular weight excluding hydrogens is 366 g/mol. The maximum Gasteiger partial charge on any atom is 0.279 e. The Kier molecular flexibility index (Phi) is 6.36. The van der Waals surface area contributed by atoms with Gasteiger partial charge in [-0.1, -0.05) is 11.8 Å². The van der Waals surface area contributed by atoms with Crippen molar-refractivity contribution in [3.8, 4) is 5.75 Å². The quantitative estimate of drug-likeness (QED) is 0.797. The van der Waals surface area contributed by atoms with Gasteiger partial charge in [-0.15, -0.1) is 0 Å². The Balaban J connectivity index is 1.61. The summed E-state index contributed by atoms with van der Waals surface area (Å²) in [5, 5.41) is 10.9. The average molecular weight is 387 g/mol. The molecule has 0 spiro atoms. The van der Waals surface area contributed by atoms with E-state index < -0.39 is 11.8 Å². The summed E-state index contributed by atoms with van der Waals surface area (Å²) < 4.78 is 5.04. The van der Waals surface area contributed by atoms with E-state index in [0.717, 1.165) is 25.4 Å². The smallest absolute Gasteiger partial charge is 0.279 e. The van der Waals surface area contributed by atoms with Crippen molar-refractivity contribution in [3.05, 3.63) is 29.8 Å². The number of carbonyl (C=O) groups excluding carboxylic acids is 2. The molecule has 1 fully saturated rings. The Labute approximate surface area is 161 Å². The zero-order valence-corrected chi connectivity index (χ0v) is 15.8. The lowest BCUT2D eigenvalue weighted by Crippen LogP contribution is -2.43. The van der Waals surface area contributed by atoms with E-state index in [4.69, 9.17) is 10.1 Å². The zero-order valence-electron chi connectivity index (χ0n) is 15.0. The van der Waals surface area contributed by atoms with Crippen LogP contribution in [0, 0.1) is 5.41 Å². The van der Waals surface area contributed by atoms with Crippen LogP contribution in [0.15, 0.2) is 34.3 Å². The molecule has 2 aliphatic heterocycles. The van der Waals surface area contributed by atoms with Crippen molar-refractivity contribution in [2.75, 3.05) is 32.5 Å². The van der Waals surface area contributed by atoms with Gasteiger partial charge in [-0.3, -0.25) is 20.3 Å². The molecular formula is C18H21N5O3S. The summed E-state index contributed by atoms with van der Waals surface area (Å²) in [5.41, 5.74) is 0.0263. The van der Waals surface area contributed by atoms with Crippen LogP contribution in [0.4, 0.5) is 0 Å². The van der Waals surface area contributed by atoms with E-state index in [0.29, 0.717) is 16.5 Å². The van der Waals surface area contributed by atoms with Gasteiger partial charge in [0, 0.05) is 17.9 Å².